The Morgan fingerprint density at radius 2 is 0.832 bits per heavy atom. The van der Waals surface area contributed by atoms with Gasteiger partial charge in [0.05, 0.1) is 113 Å². The average molecular weight is 1920 g/mol. The Labute approximate surface area is 671 Å². The number of nitrogens with zero attached hydrogens (tertiary/aromatic N) is 11. The Morgan fingerprint density at radius 1 is 0.460 bits per heavy atom. The summed E-state index contributed by atoms with van der Waals surface area (Å²) >= 11 is 7.24. The first-order valence-electron chi connectivity index (χ1n) is 33.0. The van der Waals surface area contributed by atoms with Crippen LogP contribution in [-0.4, -0.2) is 95.5 Å². The van der Waals surface area contributed by atoms with Crippen LogP contribution in [0.3, 0.4) is 0 Å². The van der Waals surface area contributed by atoms with E-state index in [0.717, 1.165) is 66.3 Å². The van der Waals surface area contributed by atoms with Crippen molar-refractivity contribution in [3.8, 4) is 10.7 Å². The number of nitrogens with one attached hydrogen (secondary N) is 2. The van der Waals surface area contributed by atoms with Gasteiger partial charge >= 0.3 is 167 Å². The molecule has 2 amide bonds. The van der Waals surface area contributed by atoms with Crippen LogP contribution in [0.4, 0.5) is 96.1 Å². The van der Waals surface area contributed by atoms with Crippen LogP contribution in [-0.2, 0) is 56.7 Å². The first kappa shape index (κ1) is 93.3. The van der Waals surface area contributed by atoms with Gasteiger partial charge in [0.2, 0.25) is 0 Å². The Morgan fingerprint density at radius 3 is 1.15 bits per heavy atom. The number of hydrogen-bond donors (Lipinski definition) is 4. The summed E-state index contributed by atoms with van der Waals surface area (Å²) in [6, 6.07) is 16.2. The molecule has 0 aliphatic heterocycles. The van der Waals surface area contributed by atoms with Gasteiger partial charge in [-0.15, -0.1) is 46.4 Å². The molecule has 0 radical (unpaired) electrons. The number of benzene rings is 3. The molecule has 0 atom stereocenters. The second-order valence-electron chi connectivity index (χ2n) is 24.1. The minimum atomic E-state index is -4.99. The number of carboxylic acids is 1. The fourth-order valence-electron chi connectivity index (χ4n) is 10.5. The zero-order valence-electron chi connectivity index (χ0n) is 58.9. The number of hydrogen-bond acceptors (Lipinski definition) is 15. The van der Waals surface area contributed by atoms with Crippen LogP contribution < -0.4 is 20.1 Å². The number of carboxylic acid groups (broad SMARTS) is 1. The monoisotopic (exact) mass is 1920 g/mol. The van der Waals surface area contributed by atoms with Crippen molar-refractivity contribution < 1.29 is 98.5 Å². The summed E-state index contributed by atoms with van der Waals surface area (Å²) in [5.41, 5.74) is -2.77. The molecule has 3 aromatic carbocycles. The van der Waals surface area contributed by atoms with E-state index in [2.05, 4.69) is 117 Å². The Balaban J connectivity index is 0.000000230. The molecule has 0 aliphatic rings. The molecule has 0 fully saturated rings. The summed E-state index contributed by atoms with van der Waals surface area (Å²) in [5, 5.41) is 25.4. The van der Waals surface area contributed by atoms with Crippen LogP contribution in [0.1, 0.15) is 138 Å². The van der Waals surface area contributed by atoms with E-state index in [1.807, 2.05) is 6.20 Å². The normalized spacial score (nSPS) is 11.8. The molecule has 43 heteroatoms. The number of nitrogen functional groups attached to an aromatic ring is 1. The van der Waals surface area contributed by atoms with Crippen LogP contribution in [0, 0.1) is 0 Å². The number of rotatable bonds is 22. The van der Waals surface area contributed by atoms with E-state index < -0.39 is 131 Å². The van der Waals surface area contributed by atoms with Crippen molar-refractivity contribution in [3.05, 3.63) is 232 Å². The van der Waals surface area contributed by atoms with Gasteiger partial charge in [0, 0.05) is 24.8 Å². The molecular formula is C70H65Br2ClF18N14O4S3Sn. The molecule has 11 aromatic rings. The minimum absolute atomic E-state index is 0. The predicted molar refractivity (Wildman–Crippen MR) is 402 cm³/mol. The summed E-state index contributed by atoms with van der Waals surface area (Å²) in [6.07, 6.45) is -6.10. The van der Waals surface area contributed by atoms with Crippen molar-refractivity contribution in [1.29, 1.82) is 0 Å². The van der Waals surface area contributed by atoms with Gasteiger partial charge in [-0.05, 0) is 97.1 Å². The molecule has 0 aliphatic carbocycles. The number of alkyl halides is 18. The van der Waals surface area contributed by atoms with Gasteiger partial charge in [-0.1, -0.05) is 24.3 Å². The number of aromatic nitrogens is 11. The number of aromatic carboxylic acids is 1. The SMILES string of the molecule is CCC[CH2][Sn]([CH2]CCC)([CH2]CCC)[c]1ccccn1.Cl.Nc1cnn(Cc2ccc(C(F)(F)F)cc2C(F)(F)F)c1.O=C(Nc1cnn(Cc2ccc(C(F)(F)F)cc2C(F)(F)F)c1)c1cnc(-c2ccccn2)s1.O=C(Nc1cnn(Cc2ccc(C(F)(F)F)cc2C(F)(F)F)c1)c1cnc(Br)s1.O=C(O)c1cnc(Br)s1. The molecule has 8 aromatic heterocycles. The maximum Gasteiger partial charge on any atom is 0.416 e. The smallest absolute Gasteiger partial charge is 0.416 e. The van der Waals surface area contributed by atoms with Crippen LogP contribution in [0.5, 0.6) is 0 Å². The molecular weight excluding hydrogens is 1850 g/mol. The van der Waals surface area contributed by atoms with Crippen molar-refractivity contribution in [3.63, 3.8) is 0 Å². The Kier molecular flexibility index (Phi) is 34.0. The third-order valence-electron chi connectivity index (χ3n) is 15.9. The van der Waals surface area contributed by atoms with Crippen LogP contribution >= 0.6 is 78.3 Å². The third kappa shape index (κ3) is 28.5. The fraction of sp³-hybridized carbons (Fsp3) is 0.300. The van der Waals surface area contributed by atoms with Gasteiger partial charge in [-0.3, -0.25) is 28.6 Å². The molecule has 0 bridgehead atoms. The number of pyridine rings is 2. The second kappa shape index (κ2) is 41.2. The van der Waals surface area contributed by atoms with Gasteiger partial charge < -0.3 is 21.5 Å². The number of nitrogens with two attached hydrogens (primary N) is 1. The number of anilines is 3. The van der Waals surface area contributed by atoms with Gasteiger partial charge in [-0.25, -0.2) is 19.7 Å². The van der Waals surface area contributed by atoms with Crippen molar-refractivity contribution >= 4 is 135 Å². The van der Waals surface area contributed by atoms with Gasteiger partial charge in [0.25, 0.3) is 11.8 Å². The van der Waals surface area contributed by atoms with Gasteiger partial charge in [-0.2, -0.15) is 94.3 Å². The molecule has 18 nitrogen and oxygen atoms in total. The number of unbranched alkanes of at least 4 members (excludes halogenated alkanes) is 3. The first-order valence-corrected chi connectivity index (χ1v) is 44.5. The molecule has 0 saturated heterocycles. The number of carbonyl (C=O) groups excluding carboxylic acids is 2. The van der Waals surface area contributed by atoms with E-state index in [9.17, 15) is 93.4 Å². The average Bonchev–Trinajstić information content (AvgIpc) is 1.52. The quantitative estimate of drug-likeness (QED) is 0.0365. The maximum absolute atomic E-state index is 13.3. The number of thiazole rings is 3. The van der Waals surface area contributed by atoms with E-state index in [1.165, 1.54) is 108 Å². The topological polar surface area (TPSA) is 239 Å². The minimum Gasteiger partial charge on any atom is -0.477 e. The van der Waals surface area contributed by atoms with Crippen molar-refractivity contribution in [2.24, 2.45) is 0 Å². The zero-order chi connectivity index (χ0) is 82.6. The van der Waals surface area contributed by atoms with Gasteiger partial charge in [0.1, 0.15) is 19.6 Å². The molecule has 0 saturated carbocycles. The summed E-state index contributed by atoms with van der Waals surface area (Å²) in [6.45, 7) is 5.77. The molecule has 8 heterocycles. The van der Waals surface area contributed by atoms with Crippen LogP contribution in [0.15, 0.2) is 167 Å². The standard InChI is InChI=1S/C21H13F6N5OS.C16H9BrF6N4OS.C12H9F6N3.C5H4N.C4H2BrNO2S.3C4H9.ClH.Sn/c22-20(23,24)13-5-4-12(15(7-13)21(25,26)27)10-32-11-14(8-30-32)31-18(33)17-9-29-19(34-17)16-3-1-2-6-28-16;17-14-24-5-12(29-14)13(28)26-10-4-25-27(7-10)6-8-1-2-9(15(18,19)20)3-11(8)16(21,22)23;13-11(14,15)8-2-1-7(10(3-8)12(16,17)18)5-21-6-9(19)4-20-21;1-2-4-6-5-3-1;5-4-6-1-2(9-4)3(7)8;3*1-3-4-2;;/h1-9,11H,10H2,(H,31,33);1-5,7H,6H2,(H,26,28);1-4,6H,5,19H2;1-4H;1H,(H,7,8);3*1,3-4H2,2H3;1H;. The summed E-state index contributed by atoms with van der Waals surface area (Å²) in [5.74, 6) is -1.93. The van der Waals surface area contributed by atoms with E-state index in [1.54, 1.807) is 28.1 Å². The third-order valence-corrected chi connectivity index (χ3v) is 35.0. The van der Waals surface area contributed by atoms with Crippen molar-refractivity contribution in [2.45, 2.75) is 129 Å². The Bertz CT molecular complexity index is 4860. The van der Waals surface area contributed by atoms with Gasteiger partial charge in [0.15, 0.2) is 7.83 Å². The summed E-state index contributed by atoms with van der Waals surface area (Å²) in [4.78, 5) is 56.2. The number of amides is 2. The van der Waals surface area contributed by atoms with E-state index in [-0.39, 0.29) is 69.5 Å². The first-order chi connectivity index (χ1) is 52.5. The summed E-state index contributed by atoms with van der Waals surface area (Å²) in [7, 11) is 0. The molecule has 0 unspecified atom stereocenters. The van der Waals surface area contributed by atoms with Crippen LogP contribution in [0.25, 0.3) is 10.7 Å². The maximum atomic E-state index is 13.3. The predicted octanol–water partition coefficient (Wildman–Crippen LogP) is 21.9. The Hall–Kier alpha value is -8.52. The largest absolute Gasteiger partial charge is 0.477 e. The zero-order valence-corrected chi connectivity index (χ0v) is 68.1. The van der Waals surface area contributed by atoms with E-state index in [4.69, 9.17) is 15.8 Å². The van der Waals surface area contributed by atoms with Crippen LogP contribution in [0.2, 0.25) is 13.3 Å². The number of halogens is 21. The fourth-order valence-corrected chi connectivity index (χ4v) is 29.0. The molecule has 5 N–H and O–H groups in total. The molecule has 113 heavy (non-hydrogen) atoms. The van der Waals surface area contributed by atoms with E-state index in [0.29, 0.717) is 41.6 Å². The number of carbonyl (C=O) groups is 3. The molecule has 0 spiro atoms. The second-order valence-corrected chi connectivity index (χ2v) is 42.8. The molecule has 11 rings (SSSR count). The van der Waals surface area contributed by atoms with Crippen molar-refractivity contribution in [2.75, 3.05) is 16.4 Å². The van der Waals surface area contributed by atoms with Crippen molar-refractivity contribution in [1.82, 2.24) is 54.3 Å². The van der Waals surface area contributed by atoms with E-state index >= 15 is 0 Å². The molecule has 608 valence electrons. The summed E-state index contributed by atoms with van der Waals surface area (Å²) < 4.78 is 243.